The van der Waals surface area contributed by atoms with E-state index < -0.39 is 17.8 Å². The van der Waals surface area contributed by atoms with Gasteiger partial charge in [0, 0.05) is 61.0 Å². The van der Waals surface area contributed by atoms with E-state index in [0.717, 1.165) is 56.5 Å². The third-order valence-electron chi connectivity index (χ3n) is 10.3. The van der Waals surface area contributed by atoms with Gasteiger partial charge in [-0.3, -0.25) is 4.90 Å². The van der Waals surface area contributed by atoms with Crippen LogP contribution in [0, 0.1) is 28.4 Å². The molecular weight excluding hydrogens is 615 g/mol. The van der Waals surface area contributed by atoms with Crippen molar-refractivity contribution in [1.29, 1.82) is 5.26 Å². The molecule has 2 unspecified atom stereocenters. The summed E-state index contributed by atoms with van der Waals surface area (Å²) >= 11 is 0.906. The van der Waals surface area contributed by atoms with E-state index in [-0.39, 0.29) is 66.6 Å². The Morgan fingerprint density at radius 2 is 1.93 bits per heavy atom. The van der Waals surface area contributed by atoms with E-state index in [9.17, 15) is 19.1 Å². The molecule has 3 aliphatic heterocycles. The van der Waals surface area contributed by atoms with Crippen molar-refractivity contribution < 1.29 is 23.0 Å². The predicted octanol–water partition coefficient (Wildman–Crippen LogP) is 5.48. The number of piperazine rings is 1. The normalized spacial score (nSPS) is 24.0. The summed E-state index contributed by atoms with van der Waals surface area (Å²) < 4.78 is 52.0. The number of nitrogens with two attached hydrogens (primary N) is 1. The minimum absolute atomic E-state index is 0.0277. The standard InChI is InChI=1S/C33H34F3N7O2S/c34-17-6-9-42(12-17)15-33(7-1-8-33)16-45-32-40-28-21(31(41-32)43-13-18-2-3-19(14-43)39-18)10-24(44)26(27(28)36)20-4-5-23(35)29-25(20)22(11-37)30(38)46-29/h4-5,10,17-19,39,44H,1-3,6-9,12-16,38H2/t17-,18?,19?/m1/s1. The second-order valence-electron chi connectivity index (χ2n) is 13.4. The summed E-state index contributed by atoms with van der Waals surface area (Å²) in [6.45, 7) is 3.53. The summed E-state index contributed by atoms with van der Waals surface area (Å²) in [4.78, 5) is 13.6. The zero-order chi connectivity index (χ0) is 31.7. The smallest absolute Gasteiger partial charge is 0.319 e. The number of aromatic hydroxyl groups is 1. The molecule has 0 radical (unpaired) electrons. The number of hydrogen-bond acceptors (Lipinski definition) is 10. The van der Waals surface area contributed by atoms with Crippen LogP contribution in [0.1, 0.15) is 44.1 Å². The van der Waals surface area contributed by atoms with Gasteiger partial charge in [0.25, 0.3) is 0 Å². The molecule has 3 saturated heterocycles. The average Bonchev–Trinajstić information content (AvgIpc) is 3.70. The number of aromatic nitrogens is 2. The first-order valence-corrected chi connectivity index (χ1v) is 16.7. The van der Waals surface area contributed by atoms with Gasteiger partial charge in [0.05, 0.1) is 22.4 Å². The molecule has 8 rings (SSSR count). The molecule has 2 aromatic carbocycles. The number of anilines is 2. The number of phenols is 1. The van der Waals surface area contributed by atoms with Crippen LogP contribution in [0.2, 0.25) is 0 Å². The molecule has 1 saturated carbocycles. The van der Waals surface area contributed by atoms with E-state index in [1.54, 1.807) is 0 Å². The Morgan fingerprint density at radius 3 is 2.61 bits per heavy atom. The van der Waals surface area contributed by atoms with Crippen molar-refractivity contribution >= 4 is 43.1 Å². The molecule has 2 aromatic heterocycles. The first kappa shape index (κ1) is 29.5. The van der Waals surface area contributed by atoms with Gasteiger partial charge in [0.15, 0.2) is 5.82 Å². The van der Waals surface area contributed by atoms with Gasteiger partial charge in [-0.1, -0.05) is 12.5 Å². The number of hydrogen-bond donors (Lipinski definition) is 3. The molecule has 4 N–H and O–H groups in total. The fourth-order valence-corrected chi connectivity index (χ4v) is 8.81. The molecule has 4 aliphatic rings. The van der Waals surface area contributed by atoms with E-state index in [0.29, 0.717) is 43.9 Å². The summed E-state index contributed by atoms with van der Waals surface area (Å²) in [5.41, 5.74) is 5.82. The molecule has 1 aliphatic carbocycles. The SMILES string of the molecule is N#Cc1c(N)sc2c(F)ccc(-c3c(O)cc4c(N5CC6CCC(C5)N6)nc(OCC5(CN6CC[C@@H](F)C6)CCC5)nc4c3F)c12. The number of fused-ring (bicyclic) bond motifs is 4. The maximum atomic E-state index is 16.9. The van der Waals surface area contributed by atoms with Crippen LogP contribution in [0.3, 0.4) is 0 Å². The lowest BCUT2D eigenvalue weighted by atomic mass is 9.69. The number of rotatable bonds is 7. The average molecular weight is 650 g/mol. The Bertz CT molecular complexity index is 1900. The van der Waals surface area contributed by atoms with E-state index in [1.165, 1.54) is 18.2 Å². The van der Waals surface area contributed by atoms with Crippen molar-refractivity contribution in [3.05, 3.63) is 35.4 Å². The third kappa shape index (κ3) is 4.89. The van der Waals surface area contributed by atoms with Crippen LogP contribution < -0.4 is 20.7 Å². The number of thiophene rings is 1. The zero-order valence-corrected chi connectivity index (χ0v) is 26.0. The molecule has 2 bridgehead atoms. The molecule has 5 heterocycles. The summed E-state index contributed by atoms with van der Waals surface area (Å²) in [5.74, 6) is -1.32. The number of ether oxygens (including phenoxy) is 1. The van der Waals surface area contributed by atoms with Crippen LogP contribution in [0.25, 0.3) is 32.1 Å². The Kier molecular flexibility index (Phi) is 7.15. The Labute approximate surface area is 267 Å². The molecule has 4 fully saturated rings. The van der Waals surface area contributed by atoms with E-state index in [1.807, 2.05) is 6.07 Å². The molecule has 0 spiro atoms. The summed E-state index contributed by atoms with van der Waals surface area (Å²) in [6, 6.07) is 6.55. The van der Waals surface area contributed by atoms with Crippen molar-refractivity contribution in [2.24, 2.45) is 5.41 Å². The van der Waals surface area contributed by atoms with Gasteiger partial charge in [-0.2, -0.15) is 15.2 Å². The number of likely N-dealkylation sites (tertiary alicyclic amines) is 1. The third-order valence-corrected chi connectivity index (χ3v) is 11.3. The lowest BCUT2D eigenvalue weighted by Crippen LogP contribution is -2.51. The maximum Gasteiger partial charge on any atom is 0.319 e. The van der Waals surface area contributed by atoms with Gasteiger partial charge in [-0.25, -0.2) is 13.2 Å². The number of nitriles is 1. The monoisotopic (exact) mass is 649 g/mol. The number of halogens is 3. The highest BCUT2D eigenvalue weighted by Gasteiger charge is 2.41. The maximum absolute atomic E-state index is 16.9. The van der Waals surface area contributed by atoms with Crippen molar-refractivity contribution in [2.75, 3.05) is 50.0 Å². The Balaban J connectivity index is 1.24. The Morgan fingerprint density at radius 1 is 1.15 bits per heavy atom. The van der Waals surface area contributed by atoms with Crippen molar-refractivity contribution in [3.8, 4) is 29.0 Å². The van der Waals surface area contributed by atoms with Crippen molar-refractivity contribution in [2.45, 2.75) is 56.8 Å². The van der Waals surface area contributed by atoms with Crippen LogP contribution in [-0.4, -0.2) is 77.6 Å². The predicted molar refractivity (Wildman–Crippen MR) is 171 cm³/mol. The quantitative estimate of drug-likeness (QED) is 0.239. The highest BCUT2D eigenvalue weighted by Crippen LogP contribution is 2.47. The molecule has 4 aromatic rings. The van der Waals surface area contributed by atoms with Crippen LogP contribution in [0.4, 0.5) is 24.0 Å². The second-order valence-corrected chi connectivity index (χ2v) is 14.4. The van der Waals surface area contributed by atoms with Crippen molar-refractivity contribution in [3.63, 3.8) is 0 Å². The van der Waals surface area contributed by atoms with Crippen molar-refractivity contribution in [1.82, 2.24) is 20.2 Å². The Hall–Kier alpha value is -3.86. The molecule has 3 atom stereocenters. The molecule has 240 valence electrons. The lowest BCUT2D eigenvalue weighted by molar-refractivity contribution is 0.0196. The minimum atomic E-state index is -0.826. The molecule has 0 amide bonds. The highest BCUT2D eigenvalue weighted by atomic mass is 32.1. The number of nitrogen functional groups attached to an aromatic ring is 1. The van der Waals surface area contributed by atoms with Gasteiger partial charge in [0.2, 0.25) is 0 Å². The van der Waals surface area contributed by atoms with Gasteiger partial charge >= 0.3 is 6.01 Å². The van der Waals surface area contributed by atoms with Gasteiger partial charge < -0.3 is 25.8 Å². The lowest BCUT2D eigenvalue weighted by Gasteiger charge is -2.43. The van der Waals surface area contributed by atoms with Gasteiger partial charge in [0.1, 0.15) is 40.1 Å². The summed E-state index contributed by atoms with van der Waals surface area (Å²) in [6.07, 6.45) is 4.75. The number of benzene rings is 2. The number of phenolic OH excluding ortho intramolecular Hbond substituents is 1. The molecular formula is C33H34F3N7O2S. The van der Waals surface area contributed by atoms with E-state index in [4.69, 9.17) is 15.5 Å². The summed E-state index contributed by atoms with van der Waals surface area (Å²) in [7, 11) is 0. The first-order valence-electron chi connectivity index (χ1n) is 15.9. The van der Waals surface area contributed by atoms with Crippen LogP contribution in [0.5, 0.6) is 11.8 Å². The number of nitrogens with one attached hydrogen (secondary N) is 1. The van der Waals surface area contributed by atoms with Crippen LogP contribution >= 0.6 is 11.3 Å². The van der Waals surface area contributed by atoms with E-state index >= 15 is 4.39 Å². The minimum Gasteiger partial charge on any atom is -0.507 e. The molecule has 13 heteroatoms. The number of alkyl halides is 1. The topological polar surface area (TPSA) is 124 Å². The first-order chi connectivity index (χ1) is 22.2. The van der Waals surface area contributed by atoms with Gasteiger partial charge in [-0.05, 0) is 49.8 Å². The van der Waals surface area contributed by atoms with E-state index in [2.05, 4.69) is 20.1 Å². The summed E-state index contributed by atoms with van der Waals surface area (Å²) in [5, 5.41) is 25.4. The number of nitrogens with zero attached hydrogens (tertiary/aromatic N) is 5. The molecule has 46 heavy (non-hydrogen) atoms. The van der Waals surface area contributed by atoms with Gasteiger partial charge in [-0.15, -0.1) is 11.3 Å². The highest BCUT2D eigenvalue weighted by molar-refractivity contribution is 7.23. The second kappa shape index (κ2) is 11.1. The van der Waals surface area contributed by atoms with Crippen LogP contribution in [-0.2, 0) is 0 Å². The zero-order valence-electron chi connectivity index (χ0n) is 25.2. The van der Waals surface area contributed by atoms with Crippen LogP contribution in [0.15, 0.2) is 18.2 Å². The molecule has 9 nitrogen and oxygen atoms in total. The fourth-order valence-electron chi connectivity index (χ4n) is 7.86. The largest absolute Gasteiger partial charge is 0.507 e. The fraction of sp³-hybridized carbons (Fsp3) is 0.485.